The zero-order valence-electron chi connectivity index (χ0n) is 14.9. The lowest BCUT2D eigenvalue weighted by atomic mass is 10.1. The Morgan fingerprint density at radius 3 is 2.40 bits per heavy atom. The first kappa shape index (κ1) is 17.5. The lowest BCUT2D eigenvalue weighted by Crippen LogP contribution is -2.22. The maximum atomic E-state index is 5.63. The Hall–Kier alpha value is -2.31. The lowest BCUT2D eigenvalue weighted by Gasteiger charge is -2.16. The molecule has 0 unspecified atom stereocenters. The number of nitrogens with zero attached hydrogens (tertiary/aromatic N) is 5. The zero-order valence-corrected chi connectivity index (χ0v) is 15.7. The van der Waals surface area contributed by atoms with E-state index in [1.807, 2.05) is 16.8 Å². The van der Waals surface area contributed by atoms with Crippen molar-refractivity contribution in [2.24, 2.45) is 0 Å². The number of benzene rings is 1. The van der Waals surface area contributed by atoms with Crippen molar-refractivity contribution in [2.45, 2.75) is 33.6 Å². The third kappa shape index (κ3) is 4.03. The van der Waals surface area contributed by atoms with Crippen molar-refractivity contribution in [2.75, 3.05) is 7.05 Å². The summed E-state index contributed by atoms with van der Waals surface area (Å²) in [6, 6.07) is 12.5. The van der Waals surface area contributed by atoms with Gasteiger partial charge in [-0.05, 0) is 50.8 Å². The minimum atomic E-state index is 0.651. The van der Waals surface area contributed by atoms with Crippen LogP contribution in [0, 0.1) is 11.7 Å². The summed E-state index contributed by atoms with van der Waals surface area (Å²) in [5.41, 5.74) is 3.59. The number of aromatic nitrogens is 4. The summed E-state index contributed by atoms with van der Waals surface area (Å²) in [7, 11) is 2.08. The van der Waals surface area contributed by atoms with Gasteiger partial charge < -0.3 is 4.57 Å². The Kier molecular flexibility index (Phi) is 5.40. The van der Waals surface area contributed by atoms with E-state index >= 15 is 0 Å². The third-order valence-corrected chi connectivity index (χ3v) is 4.56. The minimum absolute atomic E-state index is 0.651. The number of hydrogen-bond donors (Lipinski definition) is 0. The Morgan fingerprint density at radius 1 is 1.08 bits per heavy atom. The Balaban J connectivity index is 1.81. The van der Waals surface area contributed by atoms with Gasteiger partial charge in [0, 0.05) is 31.0 Å². The van der Waals surface area contributed by atoms with Gasteiger partial charge in [-0.3, -0.25) is 9.88 Å². The second-order valence-corrected chi connectivity index (χ2v) is 6.59. The molecule has 0 amide bonds. The third-order valence-electron chi connectivity index (χ3n) is 4.13. The molecule has 0 aliphatic heterocycles. The molecule has 0 bridgehead atoms. The van der Waals surface area contributed by atoms with Crippen molar-refractivity contribution >= 4 is 12.2 Å². The first-order chi connectivity index (χ1) is 12.1. The van der Waals surface area contributed by atoms with Crippen LogP contribution in [0.1, 0.15) is 18.1 Å². The van der Waals surface area contributed by atoms with Gasteiger partial charge in [0.2, 0.25) is 0 Å². The van der Waals surface area contributed by atoms with Crippen LogP contribution in [0.3, 0.4) is 0 Å². The zero-order chi connectivity index (χ0) is 17.8. The molecule has 0 saturated carbocycles. The van der Waals surface area contributed by atoms with E-state index in [1.165, 1.54) is 11.1 Å². The van der Waals surface area contributed by atoms with E-state index < -0.39 is 0 Å². The summed E-state index contributed by atoms with van der Waals surface area (Å²) >= 11 is 5.63. The summed E-state index contributed by atoms with van der Waals surface area (Å²) in [5.74, 6) is 0.888. The van der Waals surface area contributed by atoms with E-state index in [4.69, 9.17) is 17.3 Å². The normalized spacial score (nSPS) is 11.2. The molecule has 3 aromatic rings. The molecular weight excluding hydrogens is 330 g/mol. The number of pyridine rings is 1. The van der Waals surface area contributed by atoms with Gasteiger partial charge in [-0.25, -0.2) is 4.68 Å². The van der Waals surface area contributed by atoms with Crippen LogP contribution in [0.15, 0.2) is 48.8 Å². The highest BCUT2D eigenvalue weighted by atomic mass is 32.1. The fourth-order valence-corrected chi connectivity index (χ4v) is 3.13. The highest BCUT2D eigenvalue weighted by Crippen LogP contribution is 2.17. The number of aryl methyl sites for hydroxylation is 1. The van der Waals surface area contributed by atoms with Crippen molar-refractivity contribution < 1.29 is 0 Å². The molecule has 130 valence electrons. The average Bonchev–Trinajstić information content (AvgIpc) is 2.93. The Labute approximate surface area is 153 Å². The molecule has 3 rings (SSSR count). The Morgan fingerprint density at radius 2 is 1.76 bits per heavy atom. The van der Waals surface area contributed by atoms with E-state index in [-0.39, 0.29) is 0 Å². The molecule has 0 N–H and O–H groups in total. The minimum Gasteiger partial charge on any atom is -0.300 e. The number of hydrogen-bond acceptors (Lipinski definition) is 4. The first-order valence-corrected chi connectivity index (χ1v) is 8.81. The predicted molar refractivity (Wildman–Crippen MR) is 103 cm³/mol. The quantitative estimate of drug-likeness (QED) is 0.630. The summed E-state index contributed by atoms with van der Waals surface area (Å²) in [5, 5.41) is 4.75. The smallest absolute Gasteiger partial charge is 0.199 e. The first-order valence-electron chi connectivity index (χ1n) is 8.40. The van der Waals surface area contributed by atoms with Gasteiger partial charge in [0.05, 0.1) is 6.67 Å². The van der Waals surface area contributed by atoms with Crippen molar-refractivity contribution in [3.8, 4) is 11.4 Å². The number of rotatable bonds is 6. The van der Waals surface area contributed by atoms with Gasteiger partial charge in [0.25, 0.3) is 0 Å². The predicted octanol–water partition coefficient (Wildman–Crippen LogP) is 3.89. The van der Waals surface area contributed by atoms with Gasteiger partial charge in [-0.15, -0.1) is 0 Å². The summed E-state index contributed by atoms with van der Waals surface area (Å²) in [6.45, 7) is 6.48. The molecule has 0 spiro atoms. The van der Waals surface area contributed by atoms with Crippen LogP contribution in [0.25, 0.3) is 11.4 Å². The van der Waals surface area contributed by atoms with Crippen LogP contribution in [-0.2, 0) is 19.8 Å². The SMILES string of the molecule is CCn1c(-c2ccncc2)nn(CN(C)Cc2ccc(C)cc2)c1=S. The molecule has 0 atom stereocenters. The molecule has 5 nitrogen and oxygen atoms in total. The second-order valence-electron chi connectivity index (χ2n) is 6.23. The maximum absolute atomic E-state index is 5.63. The van der Waals surface area contributed by atoms with E-state index in [1.54, 1.807) is 12.4 Å². The molecule has 1 aromatic carbocycles. The van der Waals surface area contributed by atoms with E-state index in [0.29, 0.717) is 6.67 Å². The van der Waals surface area contributed by atoms with Crippen molar-refractivity contribution in [3.63, 3.8) is 0 Å². The van der Waals surface area contributed by atoms with Crippen LogP contribution in [-0.4, -0.2) is 31.3 Å². The highest BCUT2D eigenvalue weighted by Gasteiger charge is 2.12. The summed E-state index contributed by atoms with van der Waals surface area (Å²) in [6.07, 6.45) is 3.56. The van der Waals surface area contributed by atoms with Gasteiger partial charge in [0.1, 0.15) is 0 Å². The van der Waals surface area contributed by atoms with Gasteiger partial charge in [-0.1, -0.05) is 29.8 Å². The molecule has 2 aromatic heterocycles. The molecular formula is C19H23N5S. The summed E-state index contributed by atoms with van der Waals surface area (Å²) < 4.78 is 4.69. The Bertz CT molecular complexity index is 880. The molecule has 0 aliphatic carbocycles. The van der Waals surface area contributed by atoms with Crippen LogP contribution in [0.5, 0.6) is 0 Å². The van der Waals surface area contributed by atoms with E-state index in [2.05, 4.69) is 59.6 Å². The lowest BCUT2D eigenvalue weighted by molar-refractivity contribution is 0.244. The summed E-state index contributed by atoms with van der Waals surface area (Å²) in [4.78, 5) is 6.29. The van der Waals surface area contributed by atoms with Crippen molar-refractivity contribution in [1.82, 2.24) is 24.2 Å². The fraction of sp³-hybridized carbons (Fsp3) is 0.316. The van der Waals surface area contributed by atoms with Gasteiger partial charge in [0.15, 0.2) is 10.6 Å². The van der Waals surface area contributed by atoms with E-state index in [0.717, 1.165) is 29.2 Å². The highest BCUT2D eigenvalue weighted by molar-refractivity contribution is 7.71. The molecule has 25 heavy (non-hydrogen) atoms. The topological polar surface area (TPSA) is 38.9 Å². The average molecular weight is 353 g/mol. The molecule has 0 aliphatic rings. The van der Waals surface area contributed by atoms with Crippen LogP contribution < -0.4 is 0 Å². The maximum Gasteiger partial charge on any atom is 0.199 e. The van der Waals surface area contributed by atoms with Gasteiger partial charge in [-0.2, -0.15) is 5.10 Å². The monoisotopic (exact) mass is 353 g/mol. The van der Waals surface area contributed by atoms with Crippen LogP contribution in [0.4, 0.5) is 0 Å². The largest absolute Gasteiger partial charge is 0.300 e. The van der Waals surface area contributed by atoms with Crippen molar-refractivity contribution in [1.29, 1.82) is 0 Å². The second kappa shape index (κ2) is 7.72. The fourth-order valence-electron chi connectivity index (χ4n) is 2.82. The van der Waals surface area contributed by atoms with Crippen molar-refractivity contribution in [3.05, 3.63) is 64.7 Å². The van der Waals surface area contributed by atoms with Gasteiger partial charge >= 0.3 is 0 Å². The standard InChI is InChI=1S/C19H23N5S/c1-4-23-18(17-9-11-20-12-10-17)21-24(19(23)25)14-22(3)13-16-7-5-15(2)6-8-16/h5-12H,4,13-14H2,1-3H3. The molecule has 0 radical (unpaired) electrons. The van der Waals surface area contributed by atoms with Crippen LogP contribution >= 0.6 is 12.2 Å². The van der Waals surface area contributed by atoms with Crippen LogP contribution in [0.2, 0.25) is 0 Å². The molecule has 0 fully saturated rings. The molecule has 0 saturated heterocycles. The molecule has 6 heteroatoms. The molecule has 2 heterocycles. The van der Waals surface area contributed by atoms with E-state index in [9.17, 15) is 0 Å².